The number of rotatable bonds is 7. The van der Waals surface area contributed by atoms with E-state index in [9.17, 15) is 9.59 Å². The number of carbonyl (C=O) groups is 2. The van der Waals surface area contributed by atoms with E-state index in [0.717, 1.165) is 25.1 Å². The van der Waals surface area contributed by atoms with Crippen molar-refractivity contribution in [3.63, 3.8) is 0 Å². The van der Waals surface area contributed by atoms with Gasteiger partial charge in [-0.15, -0.1) is 0 Å². The van der Waals surface area contributed by atoms with E-state index in [2.05, 4.69) is 5.32 Å². The number of carbonyl (C=O) groups excluding carboxylic acids is 2. The van der Waals surface area contributed by atoms with E-state index in [1.54, 1.807) is 23.1 Å². The number of ether oxygens (including phenoxy) is 2. The summed E-state index contributed by atoms with van der Waals surface area (Å²) in [7, 11) is 0. The Morgan fingerprint density at radius 3 is 2.39 bits per heavy atom. The molecule has 2 aromatic carbocycles. The van der Waals surface area contributed by atoms with Gasteiger partial charge in [-0.3, -0.25) is 9.59 Å². The van der Waals surface area contributed by atoms with Gasteiger partial charge < -0.3 is 19.7 Å². The lowest BCUT2D eigenvalue weighted by atomic mass is 10.1. The summed E-state index contributed by atoms with van der Waals surface area (Å²) in [5, 5.41) is 2.88. The molecular weight excluding hydrogens is 356 g/mol. The van der Waals surface area contributed by atoms with Crippen LogP contribution in [0, 0.1) is 0 Å². The van der Waals surface area contributed by atoms with Crippen molar-refractivity contribution in [1.29, 1.82) is 0 Å². The van der Waals surface area contributed by atoms with Crippen LogP contribution in [-0.2, 0) is 4.79 Å². The van der Waals surface area contributed by atoms with Crippen LogP contribution in [0.5, 0.6) is 11.5 Å². The molecule has 148 valence electrons. The summed E-state index contributed by atoms with van der Waals surface area (Å²) in [5.41, 5.74) is 2.02. The highest BCUT2D eigenvalue weighted by molar-refractivity contribution is 6.05. The second kappa shape index (κ2) is 9.26. The van der Waals surface area contributed by atoms with Gasteiger partial charge in [-0.25, -0.2) is 0 Å². The fraction of sp³-hybridized carbons (Fsp3) is 0.364. The van der Waals surface area contributed by atoms with E-state index in [0.29, 0.717) is 42.4 Å². The molecule has 28 heavy (non-hydrogen) atoms. The molecule has 1 heterocycles. The van der Waals surface area contributed by atoms with Crippen LogP contribution in [0.3, 0.4) is 0 Å². The van der Waals surface area contributed by atoms with Gasteiger partial charge in [0.05, 0.1) is 13.2 Å². The Hall–Kier alpha value is -3.02. The third kappa shape index (κ3) is 4.63. The molecule has 2 aromatic rings. The highest BCUT2D eigenvalue weighted by Gasteiger charge is 2.19. The topological polar surface area (TPSA) is 67.9 Å². The number of benzene rings is 2. The number of anilines is 2. The number of hydrogen-bond acceptors (Lipinski definition) is 4. The molecule has 3 rings (SSSR count). The van der Waals surface area contributed by atoms with Crippen molar-refractivity contribution in [2.75, 3.05) is 30.0 Å². The van der Waals surface area contributed by atoms with Crippen molar-refractivity contribution in [2.45, 2.75) is 33.1 Å². The maximum Gasteiger partial charge on any atom is 0.255 e. The Morgan fingerprint density at radius 1 is 1.00 bits per heavy atom. The van der Waals surface area contributed by atoms with Gasteiger partial charge in [0.1, 0.15) is 0 Å². The number of nitrogens with one attached hydrogen (secondary N) is 1. The van der Waals surface area contributed by atoms with Crippen LogP contribution < -0.4 is 19.7 Å². The molecule has 0 bridgehead atoms. The van der Waals surface area contributed by atoms with Gasteiger partial charge in [0.25, 0.3) is 5.91 Å². The maximum absolute atomic E-state index is 12.6. The molecule has 0 saturated carbocycles. The first-order valence-corrected chi connectivity index (χ1v) is 9.73. The second-order valence-corrected chi connectivity index (χ2v) is 6.53. The second-order valence-electron chi connectivity index (χ2n) is 6.53. The zero-order valence-corrected chi connectivity index (χ0v) is 16.4. The Kier molecular flexibility index (Phi) is 6.53. The first kappa shape index (κ1) is 19.7. The molecule has 0 aliphatic carbocycles. The van der Waals surface area contributed by atoms with Crippen LogP contribution in [0.2, 0.25) is 0 Å². The van der Waals surface area contributed by atoms with Crippen LogP contribution in [0.4, 0.5) is 11.4 Å². The highest BCUT2D eigenvalue weighted by atomic mass is 16.5. The van der Waals surface area contributed by atoms with Gasteiger partial charge in [0.2, 0.25) is 5.91 Å². The van der Waals surface area contributed by atoms with Crippen molar-refractivity contribution in [2.24, 2.45) is 0 Å². The molecule has 6 nitrogen and oxygen atoms in total. The Balaban J connectivity index is 1.70. The first-order chi connectivity index (χ1) is 13.6. The molecule has 0 spiro atoms. The summed E-state index contributed by atoms with van der Waals surface area (Å²) < 4.78 is 11.1. The molecule has 0 aromatic heterocycles. The zero-order valence-electron chi connectivity index (χ0n) is 16.4. The third-order valence-corrected chi connectivity index (χ3v) is 4.57. The molecule has 0 radical (unpaired) electrons. The SMILES string of the molecule is CCOc1ccc(C(=O)Nc2ccc(N3CCCCC3=O)cc2)cc1OCC. The molecule has 1 saturated heterocycles. The largest absolute Gasteiger partial charge is 0.490 e. The van der Waals surface area contributed by atoms with Gasteiger partial charge in [-0.05, 0) is 69.2 Å². The minimum absolute atomic E-state index is 0.154. The zero-order chi connectivity index (χ0) is 19.9. The van der Waals surface area contributed by atoms with Gasteiger partial charge >= 0.3 is 0 Å². The molecule has 0 unspecified atom stereocenters. The van der Waals surface area contributed by atoms with E-state index >= 15 is 0 Å². The summed E-state index contributed by atoms with van der Waals surface area (Å²) in [4.78, 5) is 26.4. The fourth-order valence-corrected chi connectivity index (χ4v) is 3.20. The lowest BCUT2D eigenvalue weighted by molar-refractivity contribution is -0.119. The van der Waals surface area contributed by atoms with E-state index in [1.165, 1.54) is 0 Å². The average molecular weight is 382 g/mol. The average Bonchev–Trinajstić information content (AvgIpc) is 2.71. The van der Waals surface area contributed by atoms with Gasteiger partial charge in [0.15, 0.2) is 11.5 Å². The molecule has 1 aliphatic heterocycles. The predicted molar refractivity (Wildman–Crippen MR) is 109 cm³/mol. The summed E-state index contributed by atoms with van der Waals surface area (Å²) in [6, 6.07) is 12.5. The van der Waals surface area contributed by atoms with Crippen molar-refractivity contribution in [3.8, 4) is 11.5 Å². The molecule has 1 fully saturated rings. The lowest BCUT2D eigenvalue weighted by Gasteiger charge is -2.26. The van der Waals surface area contributed by atoms with E-state index in [4.69, 9.17) is 9.47 Å². The van der Waals surface area contributed by atoms with Crippen LogP contribution in [0.1, 0.15) is 43.5 Å². The fourth-order valence-electron chi connectivity index (χ4n) is 3.20. The summed E-state index contributed by atoms with van der Waals surface area (Å²) in [5.74, 6) is 1.10. The Morgan fingerprint density at radius 2 is 1.71 bits per heavy atom. The van der Waals surface area contributed by atoms with E-state index in [-0.39, 0.29) is 11.8 Å². The summed E-state index contributed by atoms with van der Waals surface area (Å²) >= 11 is 0. The minimum atomic E-state index is -0.231. The number of hydrogen-bond donors (Lipinski definition) is 1. The van der Waals surface area contributed by atoms with E-state index in [1.807, 2.05) is 38.1 Å². The maximum atomic E-state index is 12.6. The smallest absolute Gasteiger partial charge is 0.255 e. The van der Waals surface area contributed by atoms with Crippen LogP contribution in [0.15, 0.2) is 42.5 Å². The van der Waals surface area contributed by atoms with Gasteiger partial charge in [-0.2, -0.15) is 0 Å². The minimum Gasteiger partial charge on any atom is -0.490 e. The third-order valence-electron chi connectivity index (χ3n) is 4.57. The standard InChI is InChI=1S/C22H26N2O4/c1-3-27-19-13-8-16(15-20(19)28-4-2)22(26)23-17-9-11-18(12-10-17)24-14-6-5-7-21(24)25/h8-13,15H,3-7,14H2,1-2H3,(H,23,26). The normalized spacial score (nSPS) is 13.9. The first-order valence-electron chi connectivity index (χ1n) is 9.73. The van der Waals surface area contributed by atoms with Gasteiger partial charge in [0, 0.05) is 29.9 Å². The monoisotopic (exact) mass is 382 g/mol. The summed E-state index contributed by atoms with van der Waals surface area (Å²) in [6.45, 7) is 5.55. The molecule has 1 N–H and O–H groups in total. The number of nitrogens with zero attached hydrogens (tertiary/aromatic N) is 1. The Bertz CT molecular complexity index is 833. The quantitative estimate of drug-likeness (QED) is 0.777. The lowest BCUT2D eigenvalue weighted by Crippen LogP contribution is -2.35. The highest BCUT2D eigenvalue weighted by Crippen LogP contribution is 2.29. The molecule has 6 heteroatoms. The van der Waals surface area contributed by atoms with Crippen LogP contribution >= 0.6 is 0 Å². The van der Waals surface area contributed by atoms with Crippen molar-refractivity contribution < 1.29 is 19.1 Å². The van der Waals surface area contributed by atoms with E-state index < -0.39 is 0 Å². The number of piperidine rings is 1. The van der Waals surface area contributed by atoms with Crippen LogP contribution in [-0.4, -0.2) is 31.6 Å². The summed E-state index contributed by atoms with van der Waals surface area (Å²) in [6.07, 6.45) is 2.57. The van der Waals surface area contributed by atoms with Crippen molar-refractivity contribution in [3.05, 3.63) is 48.0 Å². The van der Waals surface area contributed by atoms with Crippen molar-refractivity contribution >= 4 is 23.2 Å². The van der Waals surface area contributed by atoms with Crippen LogP contribution in [0.25, 0.3) is 0 Å². The Labute approximate surface area is 165 Å². The molecule has 1 aliphatic rings. The molecular formula is C22H26N2O4. The number of amides is 2. The molecule has 0 atom stereocenters. The van der Waals surface area contributed by atoms with Gasteiger partial charge in [-0.1, -0.05) is 0 Å². The van der Waals surface area contributed by atoms with Crippen molar-refractivity contribution in [1.82, 2.24) is 0 Å². The predicted octanol–water partition coefficient (Wildman–Crippen LogP) is 4.25. The molecule has 2 amide bonds.